The van der Waals surface area contributed by atoms with E-state index in [1.165, 1.54) is 6.07 Å². The van der Waals surface area contributed by atoms with Gasteiger partial charge in [0.05, 0.1) is 0 Å². The fraction of sp³-hybridized carbons (Fsp3) is 0.273. The number of benzene rings is 1. The lowest BCUT2D eigenvalue weighted by atomic mass is 10.3. The van der Waals surface area contributed by atoms with Gasteiger partial charge in [-0.2, -0.15) is 4.39 Å². The third-order valence-electron chi connectivity index (χ3n) is 2.12. The van der Waals surface area contributed by atoms with Crippen LogP contribution in [-0.4, -0.2) is 10.2 Å². The maximum Gasteiger partial charge on any atom is 0.253 e. The lowest BCUT2D eigenvalue weighted by Gasteiger charge is -2.05. The van der Waals surface area contributed by atoms with Gasteiger partial charge in [0, 0.05) is 10.9 Å². The molecule has 0 spiro atoms. The topological polar surface area (TPSA) is 48.2 Å². The molecule has 0 N–H and O–H groups in total. The SMILES string of the molecule is CCc1nnc(COc2cc(Br)cc(F)c2F)o1. The molecule has 1 heterocycles. The molecule has 18 heavy (non-hydrogen) atoms. The van der Waals surface area contributed by atoms with Crippen molar-refractivity contribution in [2.45, 2.75) is 20.0 Å². The molecule has 0 bridgehead atoms. The third-order valence-corrected chi connectivity index (χ3v) is 2.58. The molecule has 0 amide bonds. The van der Waals surface area contributed by atoms with Crippen LogP contribution in [-0.2, 0) is 13.0 Å². The minimum Gasteiger partial charge on any atom is -0.481 e. The standard InChI is InChI=1S/C11H9BrF2N2O2/c1-2-9-15-16-10(18-9)5-17-8-4-6(12)3-7(13)11(8)14/h3-4H,2,5H2,1H3. The Morgan fingerprint density at radius 1 is 1.28 bits per heavy atom. The Kier molecular flexibility index (Phi) is 3.90. The van der Waals surface area contributed by atoms with Crippen molar-refractivity contribution in [2.75, 3.05) is 0 Å². The van der Waals surface area contributed by atoms with Gasteiger partial charge in [-0.15, -0.1) is 10.2 Å². The van der Waals surface area contributed by atoms with E-state index in [9.17, 15) is 8.78 Å². The van der Waals surface area contributed by atoms with E-state index < -0.39 is 11.6 Å². The maximum atomic E-state index is 13.4. The van der Waals surface area contributed by atoms with Crippen LogP contribution in [0.1, 0.15) is 18.7 Å². The Hall–Kier alpha value is -1.50. The van der Waals surface area contributed by atoms with E-state index in [1.807, 2.05) is 6.92 Å². The van der Waals surface area contributed by atoms with Crippen LogP contribution in [0.25, 0.3) is 0 Å². The summed E-state index contributed by atoms with van der Waals surface area (Å²) in [5.74, 6) is -1.56. The summed E-state index contributed by atoms with van der Waals surface area (Å²) >= 11 is 3.05. The minimum absolute atomic E-state index is 0.111. The van der Waals surface area contributed by atoms with Crippen molar-refractivity contribution in [1.29, 1.82) is 0 Å². The fourth-order valence-electron chi connectivity index (χ4n) is 1.27. The molecule has 0 saturated carbocycles. The number of ether oxygens (including phenoxy) is 1. The van der Waals surface area contributed by atoms with E-state index in [0.29, 0.717) is 16.8 Å². The minimum atomic E-state index is -1.05. The van der Waals surface area contributed by atoms with Gasteiger partial charge in [0.2, 0.25) is 11.7 Å². The molecule has 0 radical (unpaired) electrons. The average Bonchev–Trinajstić information content (AvgIpc) is 2.80. The van der Waals surface area contributed by atoms with Crippen LogP contribution in [0, 0.1) is 11.6 Å². The number of halogens is 3. The number of hydrogen-bond acceptors (Lipinski definition) is 4. The van der Waals surface area contributed by atoms with Crippen molar-refractivity contribution in [3.8, 4) is 5.75 Å². The summed E-state index contributed by atoms with van der Waals surface area (Å²) < 4.78 is 37.1. The molecule has 96 valence electrons. The van der Waals surface area contributed by atoms with Gasteiger partial charge in [0.25, 0.3) is 5.89 Å². The van der Waals surface area contributed by atoms with Crippen LogP contribution in [0.5, 0.6) is 5.75 Å². The first-order valence-corrected chi connectivity index (χ1v) is 5.98. The highest BCUT2D eigenvalue weighted by Crippen LogP contribution is 2.25. The molecule has 2 aromatic rings. The van der Waals surface area contributed by atoms with Gasteiger partial charge in [-0.05, 0) is 12.1 Å². The zero-order valence-electron chi connectivity index (χ0n) is 9.41. The largest absolute Gasteiger partial charge is 0.481 e. The van der Waals surface area contributed by atoms with E-state index in [2.05, 4.69) is 26.1 Å². The van der Waals surface area contributed by atoms with Gasteiger partial charge in [0.15, 0.2) is 18.2 Å². The van der Waals surface area contributed by atoms with Crippen LogP contribution >= 0.6 is 15.9 Å². The highest BCUT2D eigenvalue weighted by Gasteiger charge is 2.13. The van der Waals surface area contributed by atoms with Crippen molar-refractivity contribution >= 4 is 15.9 Å². The van der Waals surface area contributed by atoms with Gasteiger partial charge in [-0.1, -0.05) is 22.9 Å². The zero-order chi connectivity index (χ0) is 13.1. The zero-order valence-corrected chi connectivity index (χ0v) is 11.0. The van der Waals surface area contributed by atoms with E-state index in [0.717, 1.165) is 6.07 Å². The molecule has 7 heteroatoms. The Balaban J connectivity index is 2.10. The summed E-state index contributed by atoms with van der Waals surface area (Å²) in [5, 5.41) is 7.44. The van der Waals surface area contributed by atoms with Crippen molar-refractivity contribution < 1.29 is 17.9 Å². The summed E-state index contributed by atoms with van der Waals surface area (Å²) in [6.45, 7) is 1.75. The van der Waals surface area contributed by atoms with Crippen molar-refractivity contribution in [3.05, 3.63) is 40.0 Å². The summed E-state index contributed by atoms with van der Waals surface area (Å²) in [5.41, 5.74) is 0. The molecule has 0 aliphatic rings. The van der Waals surface area contributed by atoms with Crippen molar-refractivity contribution in [2.24, 2.45) is 0 Å². The number of nitrogens with zero attached hydrogens (tertiary/aromatic N) is 2. The van der Waals surface area contributed by atoms with Gasteiger partial charge >= 0.3 is 0 Å². The quantitative estimate of drug-likeness (QED) is 0.812. The van der Waals surface area contributed by atoms with Crippen LogP contribution in [0.3, 0.4) is 0 Å². The Labute approximate surface area is 110 Å². The molecule has 2 rings (SSSR count). The Bertz CT molecular complexity index is 560. The molecule has 4 nitrogen and oxygen atoms in total. The van der Waals surface area contributed by atoms with Crippen LogP contribution in [0.2, 0.25) is 0 Å². The van der Waals surface area contributed by atoms with Crippen molar-refractivity contribution in [3.63, 3.8) is 0 Å². The maximum absolute atomic E-state index is 13.4. The fourth-order valence-corrected chi connectivity index (χ4v) is 1.68. The van der Waals surface area contributed by atoms with E-state index in [-0.39, 0.29) is 18.2 Å². The molecule has 0 aliphatic heterocycles. The summed E-state index contributed by atoms with van der Waals surface area (Å²) in [4.78, 5) is 0. The molecule has 0 unspecified atom stereocenters. The summed E-state index contributed by atoms with van der Waals surface area (Å²) in [7, 11) is 0. The Morgan fingerprint density at radius 2 is 2.00 bits per heavy atom. The first kappa shape index (κ1) is 12.9. The van der Waals surface area contributed by atoms with Crippen LogP contribution in [0.4, 0.5) is 8.78 Å². The monoisotopic (exact) mass is 318 g/mol. The van der Waals surface area contributed by atoms with E-state index in [1.54, 1.807) is 0 Å². The lowest BCUT2D eigenvalue weighted by Crippen LogP contribution is -1.99. The number of hydrogen-bond donors (Lipinski definition) is 0. The molecule has 1 aromatic carbocycles. The van der Waals surface area contributed by atoms with Gasteiger partial charge in [-0.3, -0.25) is 0 Å². The Morgan fingerprint density at radius 3 is 2.67 bits per heavy atom. The molecule has 0 saturated heterocycles. The number of rotatable bonds is 4. The van der Waals surface area contributed by atoms with Gasteiger partial charge in [0.1, 0.15) is 0 Å². The second-order valence-electron chi connectivity index (χ2n) is 3.43. The molecule has 0 aliphatic carbocycles. The third kappa shape index (κ3) is 2.84. The van der Waals surface area contributed by atoms with E-state index in [4.69, 9.17) is 9.15 Å². The number of aromatic nitrogens is 2. The van der Waals surface area contributed by atoms with Crippen molar-refractivity contribution in [1.82, 2.24) is 10.2 Å². The molecule has 0 fully saturated rings. The predicted octanol–water partition coefficient (Wildman–Crippen LogP) is 3.25. The summed E-state index contributed by atoms with van der Waals surface area (Å²) in [6, 6.07) is 2.35. The molecule has 0 atom stereocenters. The normalized spacial score (nSPS) is 10.7. The van der Waals surface area contributed by atoms with E-state index >= 15 is 0 Å². The summed E-state index contributed by atoms with van der Waals surface area (Å²) in [6.07, 6.45) is 0.604. The first-order chi connectivity index (χ1) is 8.60. The van der Waals surface area contributed by atoms with Gasteiger partial charge < -0.3 is 9.15 Å². The smallest absolute Gasteiger partial charge is 0.253 e. The first-order valence-electron chi connectivity index (χ1n) is 5.18. The van der Waals surface area contributed by atoms with Crippen LogP contribution < -0.4 is 4.74 Å². The molecular formula is C11H9BrF2N2O2. The average molecular weight is 319 g/mol. The highest BCUT2D eigenvalue weighted by atomic mass is 79.9. The molecular weight excluding hydrogens is 310 g/mol. The van der Waals surface area contributed by atoms with Crippen LogP contribution in [0.15, 0.2) is 21.0 Å². The predicted molar refractivity (Wildman–Crippen MR) is 62.1 cm³/mol. The highest BCUT2D eigenvalue weighted by molar-refractivity contribution is 9.10. The van der Waals surface area contributed by atoms with Gasteiger partial charge in [-0.25, -0.2) is 4.39 Å². The number of aryl methyl sites for hydroxylation is 1. The molecule has 1 aromatic heterocycles. The second kappa shape index (κ2) is 5.43. The lowest BCUT2D eigenvalue weighted by molar-refractivity contribution is 0.245. The second-order valence-corrected chi connectivity index (χ2v) is 4.35.